The Balaban J connectivity index is 1.49. The molecule has 1 unspecified atom stereocenters. The highest BCUT2D eigenvalue weighted by Gasteiger charge is 2.38. The fourth-order valence-corrected chi connectivity index (χ4v) is 8.04. The summed E-state index contributed by atoms with van der Waals surface area (Å²) in [7, 11) is -8.35. The lowest BCUT2D eigenvalue weighted by molar-refractivity contribution is -0.137. The van der Waals surface area contributed by atoms with Gasteiger partial charge in [0.05, 0.1) is 34.0 Å². The van der Waals surface area contributed by atoms with Gasteiger partial charge in [0.15, 0.2) is 0 Å². The van der Waals surface area contributed by atoms with Gasteiger partial charge in [0.1, 0.15) is 11.1 Å². The van der Waals surface area contributed by atoms with Crippen LogP contribution in [0.25, 0.3) is 11.0 Å². The molecule has 1 saturated heterocycles. The highest BCUT2D eigenvalue weighted by Crippen LogP contribution is 2.35. The predicted octanol–water partition coefficient (Wildman–Crippen LogP) is 4.50. The topological polar surface area (TPSA) is 138 Å². The van der Waals surface area contributed by atoms with Crippen molar-refractivity contribution in [2.24, 2.45) is 0 Å². The number of nitrogens with one attached hydrogen (secondary N) is 3. The maximum Gasteiger partial charge on any atom is 0.416 e. The maximum atomic E-state index is 13.4. The van der Waals surface area contributed by atoms with Crippen LogP contribution in [-0.2, 0) is 37.4 Å². The monoisotopic (exact) mass is 656 g/mol. The number of nitrogens with zero attached hydrogens (tertiary/aromatic N) is 1. The van der Waals surface area contributed by atoms with Gasteiger partial charge in [-0.3, -0.25) is 9.52 Å². The van der Waals surface area contributed by atoms with Crippen LogP contribution < -0.4 is 9.44 Å². The molecule has 0 spiro atoms. The highest BCUT2D eigenvalue weighted by atomic mass is 79.9. The SMILES string of the molecule is O=C1CC(c2ccc(C[C@H](NS(=O)(=O)c3cc(C(F)(F)F)ccc3Br)c3nc4ccccc4[nH]3)cc2)S(=O)(=O)N1. The average Bonchev–Trinajstić information content (AvgIpc) is 3.42. The smallest absolute Gasteiger partial charge is 0.341 e. The van der Waals surface area contributed by atoms with E-state index in [9.17, 15) is 34.8 Å². The Hall–Kier alpha value is -3.27. The van der Waals surface area contributed by atoms with Crippen LogP contribution in [-0.4, -0.2) is 32.7 Å². The van der Waals surface area contributed by atoms with Crippen molar-refractivity contribution >= 4 is 52.9 Å². The number of para-hydroxylation sites is 2. The second kappa shape index (κ2) is 10.3. The number of amides is 1. The summed E-state index contributed by atoms with van der Waals surface area (Å²) in [6.07, 6.45) is -4.95. The molecule has 3 N–H and O–H groups in total. The quantitative estimate of drug-likeness (QED) is 0.268. The number of H-pyrrole nitrogens is 1. The van der Waals surface area contributed by atoms with Gasteiger partial charge in [-0.2, -0.15) is 13.2 Å². The number of carbonyl (C=O) groups is 1. The Kier molecular flexibility index (Phi) is 7.27. The van der Waals surface area contributed by atoms with E-state index in [1.54, 1.807) is 36.4 Å². The average molecular weight is 657 g/mol. The second-order valence-corrected chi connectivity index (χ2v) is 13.6. The van der Waals surface area contributed by atoms with Crippen LogP contribution >= 0.6 is 15.9 Å². The summed E-state index contributed by atoms with van der Waals surface area (Å²) < 4.78 is 95.6. The number of fused-ring (bicyclic) bond motifs is 1. The van der Waals surface area contributed by atoms with Crippen LogP contribution in [0.2, 0.25) is 0 Å². The van der Waals surface area contributed by atoms with E-state index in [1.807, 2.05) is 4.72 Å². The first-order chi connectivity index (χ1) is 18.7. The number of imidazole rings is 1. The van der Waals surface area contributed by atoms with Gasteiger partial charge in [-0.1, -0.05) is 36.4 Å². The number of sulfonamides is 2. The lowest BCUT2D eigenvalue weighted by atomic mass is 10.0. The molecule has 1 aliphatic heterocycles. The Morgan fingerprint density at radius 2 is 1.77 bits per heavy atom. The van der Waals surface area contributed by atoms with E-state index in [0.29, 0.717) is 28.2 Å². The van der Waals surface area contributed by atoms with Crippen molar-refractivity contribution in [3.63, 3.8) is 0 Å². The molecule has 0 saturated carbocycles. The lowest BCUT2D eigenvalue weighted by Crippen LogP contribution is -2.31. The molecule has 15 heteroatoms. The van der Waals surface area contributed by atoms with E-state index >= 15 is 0 Å². The minimum atomic E-state index is -4.75. The number of halogens is 4. The molecule has 0 aliphatic carbocycles. The number of rotatable bonds is 7. The Bertz CT molecular complexity index is 1790. The van der Waals surface area contributed by atoms with Crippen molar-refractivity contribution in [2.75, 3.05) is 0 Å². The molecule has 40 heavy (non-hydrogen) atoms. The zero-order valence-corrected chi connectivity index (χ0v) is 23.5. The van der Waals surface area contributed by atoms with E-state index in [1.165, 1.54) is 12.1 Å². The summed E-state index contributed by atoms with van der Waals surface area (Å²) in [6, 6.07) is 14.5. The Labute approximate surface area is 235 Å². The van der Waals surface area contributed by atoms with Gasteiger partial charge in [0.25, 0.3) is 0 Å². The van der Waals surface area contributed by atoms with E-state index in [-0.39, 0.29) is 23.1 Å². The normalized spacial score (nSPS) is 18.1. The number of hydrogen-bond donors (Lipinski definition) is 3. The first-order valence-corrected chi connectivity index (χ1v) is 15.5. The van der Waals surface area contributed by atoms with Crippen LogP contribution in [0.15, 0.2) is 76.1 Å². The standard InChI is InChI=1S/C25H20BrF3N4O5S2/c26-17-10-9-16(25(27,28)29)12-22(17)40(37,38)32-20(24-30-18-3-1-2-4-19(18)31-24)11-14-5-7-15(8-6-14)21-13-23(34)33-39(21,35)36/h1-10,12,20-21,32H,11,13H2,(H,30,31)(H,33,34)/t20-,21?/m0/s1. The molecule has 1 amide bonds. The van der Waals surface area contributed by atoms with Crippen LogP contribution in [0.4, 0.5) is 13.2 Å². The molecule has 3 aromatic carbocycles. The minimum absolute atomic E-state index is 0.0184. The molecule has 0 bridgehead atoms. The van der Waals surface area contributed by atoms with Gasteiger partial charge in [0.2, 0.25) is 26.0 Å². The lowest BCUT2D eigenvalue weighted by Gasteiger charge is -2.19. The molecular weight excluding hydrogens is 637 g/mol. The molecule has 0 radical (unpaired) electrons. The van der Waals surface area contributed by atoms with Gasteiger partial charge in [-0.25, -0.2) is 26.5 Å². The fourth-order valence-electron chi connectivity index (χ4n) is 4.42. The zero-order valence-electron chi connectivity index (χ0n) is 20.2. The van der Waals surface area contributed by atoms with Crippen LogP contribution in [0.1, 0.15) is 40.2 Å². The fraction of sp³-hybridized carbons (Fsp3) is 0.200. The molecule has 5 rings (SSSR count). The summed E-state index contributed by atoms with van der Waals surface area (Å²) in [5.74, 6) is -0.376. The number of carbonyl (C=O) groups excluding carboxylic acids is 1. The van der Waals surface area contributed by atoms with Crippen LogP contribution in [0.5, 0.6) is 0 Å². The highest BCUT2D eigenvalue weighted by molar-refractivity contribution is 9.10. The van der Waals surface area contributed by atoms with Crippen molar-refractivity contribution in [2.45, 2.75) is 35.2 Å². The Morgan fingerprint density at radius 1 is 1.07 bits per heavy atom. The molecule has 2 atom stereocenters. The summed E-state index contributed by atoms with van der Waals surface area (Å²) in [5, 5.41) is -1.04. The van der Waals surface area contributed by atoms with Gasteiger partial charge < -0.3 is 4.98 Å². The molecular formula is C25H20BrF3N4O5S2. The molecule has 4 aromatic rings. The largest absolute Gasteiger partial charge is 0.416 e. The molecule has 210 valence electrons. The first kappa shape index (κ1) is 28.3. The van der Waals surface area contributed by atoms with Crippen molar-refractivity contribution < 1.29 is 34.8 Å². The van der Waals surface area contributed by atoms with Crippen LogP contribution in [0, 0.1) is 0 Å². The number of benzene rings is 3. The Morgan fingerprint density at radius 3 is 2.40 bits per heavy atom. The van der Waals surface area contributed by atoms with Gasteiger partial charge in [-0.05, 0) is 63.8 Å². The molecule has 2 heterocycles. The molecule has 1 fully saturated rings. The predicted molar refractivity (Wildman–Crippen MR) is 143 cm³/mol. The van der Waals surface area contributed by atoms with Crippen molar-refractivity contribution in [3.8, 4) is 0 Å². The van der Waals surface area contributed by atoms with Gasteiger partial charge in [0, 0.05) is 4.47 Å². The first-order valence-electron chi connectivity index (χ1n) is 11.7. The molecule has 1 aromatic heterocycles. The second-order valence-electron chi connectivity index (χ2n) is 9.16. The molecule has 9 nitrogen and oxygen atoms in total. The number of alkyl halides is 3. The summed E-state index contributed by atoms with van der Waals surface area (Å²) in [5.41, 5.74) is 1.02. The van der Waals surface area contributed by atoms with Crippen LogP contribution in [0.3, 0.4) is 0 Å². The number of aromatic nitrogens is 2. The van der Waals surface area contributed by atoms with E-state index in [4.69, 9.17) is 0 Å². The number of hydrogen-bond acceptors (Lipinski definition) is 6. The molecule has 1 aliphatic rings. The third kappa shape index (κ3) is 5.77. The van der Waals surface area contributed by atoms with Crippen molar-refractivity contribution in [1.29, 1.82) is 0 Å². The van der Waals surface area contributed by atoms with Crippen molar-refractivity contribution in [1.82, 2.24) is 19.4 Å². The summed E-state index contributed by atoms with van der Waals surface area (Å²) >= 11 is 3.04. The van der Waals surface area contributed by atoms with Crippen molar-refractivity contribution in [3.05, 3.63) is 93.7 Å². The minimum Gasteiger partial charge on any atom is -0.341 e. The third-order valence-electron chi connectivity index (χ3n) is 6.38. The summed E-state index contributed by atoms with van der Waals surface area (Å²) in [6.45, 7) is 0. The van der Waals surface area contributed by atoms with Gasteiger partial charge >= 0.3 is 6.18 Å². The maximum absolute atomic E-state index is 13.4. The zero-order chi connectivity index (χ0) is 28.9. The summed E-state index contributed by atoms with van der Waals surface area (Å²) in [4.78, 5) is 18.5. The third-order valence-corrected chi connectivity index (χ3v) is 10.5. The van der Waals surface area contributed by atoms with Gasteiger partial charge in [-0.15, -0.1) is 0 Å². The number of aromatic amines is 1. The van der Waals surface area contributed by atoms with E-state index < -0.39 is 53.9 Å². The van der Waals surface area contributed by atoms with E-state index in [0.717, 1.165) is 12.1 Å². The van der Waals surface area contributed by atoms with E-state index in [2.05, 4.69) is 30.6 Å².